The van der Waals surface area contributed by atoms with Gasteiger partial charge in [-0.25, -0.2) is 4.79 Å². The lowest BCUT2D eigenvalue weighted by atomic mass is 10.1. The molecule has 7 nitrogen and oxygen atoms in total. The molecule has 0 atom stereocenters. The number of carbonyl (C=O) groups is 2. The molecule has 0 aliphatic heterocycles. The van der Waals surface area contributed by atoms with E-state index >= 15 is 0 Å². The van der Waals surface area contributed by atoms with Crippen molar-refractivity contribution in [1.29, 1.82) is 0 Å². The molecule has 2 rings (SSSR count). The number of rotatable bonds is 5. The Morgan fingerprint density at radius 2 is 1.77 bits per heavy atom. The zero-order chi connectivity index (χ0) is 16.3. The molecule has 116 valence electrons. The molecule has 1 aromatic heterocycles. The molecule has 1 heterocycles. The van der Waals surface area contributed by atoms with Gasteiger partial charge in [0.2, 0.25) is 0 Å². The predicted octanol–water partition coefficient (Wildman–Crippen LogP) is 2.56. The van der Waals surface area contributed by atoms with E-state index in [1.54, 1.807) is 13.0 Å². The summed E-state index contributed by atoms with van der Waals surface area (Å²) in [5, 5.41) is 11.8. The number of anilines is 1. The van der Waals surface area contributed by atoms with Gasteiger partial charge in [0.15, 0.2) is 17.3 Å². The van der Waals surface area contributed by atoms with Gasteiger partial charge in [-0.05, 0) is 19.1 Å². The zero-order valence-electron chi connectivity index (χ0n) is 12.3. The molecule has 0 fully saturated rings. The SMILES string of the molecule is COc1cc(NC(=O)c2ccc(C)o2)c(C(=O)O)cc1OC. The Bertz CT molecular complexity index is 719. The number of hydrogen-bond acceptors (Lipinski definition) is 5. The average Bonchev–Trinajstić information content (AvgIpc) is 2.93. The first-order valence-electron chi connectivity index (χ1n) is 6.33. The first-order chi connectivity index (χ1) is 10.5. The molecule has 1 aromatic carbocycles. The second kappa shape index (κ2) is 6.21. The third kappa shape index (κ3) is 3.03. The molecule has 0 aliphatic rings. The van der Waals surface area contributed by atoms with Crippen molar-refractivity contribution in [2.24, 2.45) is 0 Å². The van der Waals surface area contributed by atoms with E-state index in [2.05, 4.69) is 5.32 Å². The maximum atomic E-state index is 12.1. The van der Waals surface area contributed by atoms with Gasteiger partial charge in [0.25, 0.3) is 5.91 Å². The van der Waals surface area contributed by atoms with Crippen LogP contribution in [0.15, 0.2) is 28.7 Å². The van der Waals surface area contributed by atoms with Crippen LogP contribution in [0, 0.1) is 6.92 Å². The molecule has 0 spiro atoms. The lowest BCUT2D eigenvalue weighted by molar-refractivity contribution is 0.0697. The summed E-state index contributed by atoms with van der Waals surface area (Å²) in [7, 11) is 2.81. The summed E-state index contributed by atoms with van der Waals surface area (Å²) in [6.07, 6.45) is 0. The van der Waals surface area contributed by atoms with Crippen LogP contribution in [0.5, 0.6) is 11.5 Å². The first kappa shape index (κ1) is 15.4. The van der Waals surface area contributed by atoms with Crippen molar-refractivity contribution in [3.05, 3.63) is 41.3 Å². The number of carbonyl (C=O) groups excluding carboxylic acids is 1. The van der Waals surface area contributed by atoms with Crippen molar-refractivity contribution >= 4 is 17.6 Å². The van der Waals surface area contributed by atoms with Crippen LogP contribution in [-0.2, 0) is 0 Å². The van der Waals surface area contributed by atoms with Crippen molar-refractivity contribution in [3.63, 3.8) is 0 Å². The minimum Gasteiger partial charge on any atom is -0.493 e. The number of furan rings is 1. The fourth-order valence-corrected chi connectivity index (χ4v) is 1.90. The minimum absolute atomic E-state index is 0.0867. The Morgan fingerprint density at radius 1 is 1.14 bits per heavy atom. The largest absolute Gasteiger partial charge is 0.493 e. The molecule has 7 heteroatoms. The molecule has 0 unspecified atom stereocenters. The molecule has 0 saturated heterocycles. The first-order valence-corrected chi connectivity index (χ1v) is 6.33. The maximum Gasteiger partial charge on any atom is 0.337 e. The normalized spacial score (nSPS) is 10.1. The summed E-state index contributed by atoms with van der Waals surface area (Å²) >= 11 is 0. The fourth-order valence-electron chi connectivity index (χ4n) is 1.90. The smallest absolute Gasteiger partial charge is 0.337 e. The Morgan fingerprint density at radius 3 is 2.27 bits per heavy atom. The second-order valence-corrected chi connectivity index (χ2v) is 4.42. The van der Waals surface area contributed by atoms with E-state index in [1.165, 1.54) is 32.4 Å². The highest BCUT2D eigenvalue weighted by atomic mass is 16.5. The van der Waals surface area contributed by atoms with Crippen LogP contribution < -0.4 is 14.8 Å². The summed E-state index contributed by atoms with van der Waals surface area (Å²) in [6, 6.07) is 5.81. The van der Waals surface area contributed by atoms with E-state index in [4.69, 9.17) is 13.9 Å². The average molecular weight is 305 g/mol. The van der Waals surface area contributed by atoms with E-state index in [-0.39, 0.29) is 22.8 Å². The maximum absolute atomic E-state index is 12.1. The van der Waals surface area contributed by atoms with Gasteiger partial charge in [-0.2, -0.15) is 0 Å². The topological polar surface area (TPSA) is 98.0 Å². The summed E-state index contributed by atoms with van der Waals surface area (Å²) < 4.78 is 15.4. The minimum atomic E-state index is -1.20. The van der Waals surface area contributed by atoms with Crippen molar-refractivity contribution in [1.82, 2.24) is 0 Å². The van der Waals surface area contributed by atoms with E-state index in [0.29, 0.717) is 11.5 Å². The van der Waals surface area contributed by atoms with Gasteiger partial charge in [-0.15, -0.1) is 0 Å². The number of carboxylic acid groups (broad SMARTS) is 1. The molecule has 2 aromatic rings. The molecule has 0 aliphatic carbocycles. The van der Waals surface area contributed by atoms with Crippen molar-refractivity contribution in [2.75, 3.05) is 19.5 Å². The third-order valence-electron chi connectivity index (χ3n) is 2.97. The van der Waals surface area contributed by atoms with E-state index in [9.17, 15) is 14.7 Å². The highest BCUT2D eigenvalue weighted by Crippen LogP contribution is 2.33. The lowest BCUT2D eigenvalue weighted by Crippen LogP contribution is -2.14. The Balaban J connectivity index is 2.40. The second-order valence-electron chi connectivity index (χ2n) is 4.42. The number of methoxy groups -OCH3 is 2. The molecule has 1 amide bonds. The van der Waals surface area contributed by atoms with Crippen LogP contribution in [-0.4, -0.2) is 31.2 Å². The summed E-state index contributed by atoms with van der Waals surface area (Å²) in [6.45, 7) is 1.70. The Hall–Kier alpha value is -2.96. The van der Waals surface area contributed by atoms with E-state index < -0.39 is 11.9 Å². The van der Waals surface area contributed by atoms with Gasteiger partial charge in [0, 0.05) is 12.1 Å². The molecular formula is C15H15NO6. The number of nitrogens with one attached hydrogen (secondary N) is 1. The molecule has 0 radical (unpaired) electrons. The molecule has 0 saturated carbocycles. The van der Waals surface area contributed by atoms with Crippen molar-refractivity contribution in [2.45, 2.75) is 6.92 Å². The van der Waals surface area contributed by atoms with Gasteiger partial charge in [-0.1, -0.05) is 0 Å². The number of hydrogen-bond donors (Lipinski definition) is 2. The number of benzene rings is 1. The van der Waals surface area contributed by atoms with Crippen LogP contribution in [0.25, 0.3) is 0 Å². The summed E-state index contributed by atoms with van der Waals surface area (Å²) in [5.41, 5.74) is -0.0292. The van der Waals surface area contributed by atoms with Gasteiger partial charge < -0.3 is 24.3 Å². The van der Waals surface area contributed by atoms with Crippen molar-refractivity contribution in [3.8, 4) is 11.5 Å². The highest BCUT2D eigenvalue weighted by Gasteiger charge is 2.19. The van der Waals surface area contributed by atoms with Crippen LogP contribution in [0.2, 0.25) is 0 Å². The van der Waals surface area contributed by atoms with Crippen LogP contribution in [0.1, 0.15) is 26.7 Å². The number of ether oxygens (including phenoxy) is 2. The van der Waals surface area contributed by atoms with Gasteiger partial charge in [0.1, 0.15) is 5.76 Å². The van der Waals surface area contributed by atoms with Crippen LogP contribution in [0.4, 0.5) is 5.69 Å². The summed E-state index contributed by atoms with van der Waals surface area (Å²) in [4.78, 5) is 23.4. The lowest BCUT2D eigenvalue weighted by Gasteiger charge is -2.13. The number of aromatic carboxylic acids is 1. The number of carboxylic acids is 1. The number of amides is 1. The van der Waals surface area contributed by atoms with Gasteiger partial charge in [-0.3, -0.25) is 4.79 Å². The predicted molar refractivity (Wildman–Crippen MR) is 77.9 cm³/mol. The standard InChI is InChI=1S/C15H15NO6/c1-8-4-5-11(22-8)14(17)16-10-7-13(21-3)12(20-2)6-9(10)15(18)19/h4-7H,1-3H3,(H,16,17)(H,18,19). The van der Waals surface area contributed by atoms with Crippen LogP contribution >= 0.6 is 0 Å². The highest BCUT2D eigenvalue weighted by molar-refractivity contribution is 6.06. The van der Waals surface area contributed by atoms with Gasteiger partial charge >= 0.3 is 5.97 Å². The zero-order valence-corrected chi connectivity index (χ0v) is 12.3. The summed E-state index contributed by atoms with van der Waals surface area (Å²) in [5.74, 6) is -0.528. The molecule has 0 bridgehead atoms. The van der Waals surface area contributed by atoms with Gasteiger partial charge in [0.05, 0.1) is 25.5 Å². The Labute approximate surface area is 126 Å². The monoisotopic (exact) mass is 305 g/mol. The fraction of sp³-hybridized carbons (Fsp3) is 0.200. The number of aryl methyl sites for hydroxylation is 1. The van der Waals surface area contributed by atoms with Crippen LogP contribution in [0.3, 0.4) is 0 Å². The molecule has 22 heavy (non-hydrogen) atoms. The molecule has 2 N–H and O–H groups in total. The van der Waals surface area contributed by atoms with E-state index in [1.807, 2.05) is 0 Å². The van der Waals surface area contributed by atoms with E-state index in [0.717, 1.165) is 0 Å². The third-order valence-corrected chi connectivity index (χ3v) is 2.97. The molecular weight excluding hydrogens is 290 g/mol. The van der Waals surface area contributed by atoms with Crippen molar-refractivity contribution < 1.29 is 28.6 Å². The Kier molecular flexibility index (Phi) is 4.36. The quantitative estimate of drug-likeness (QED) is 0.881.